The quantitative estimate of drug-likeness (QED) is 0.752. The average Bonchev–Trinajstić information content (AvgIpc) is 3.00. The van der Waals surface area contributed by atoms with Gasteiger partial charge in [-0.15, -0.1) is 5.10 Å². The second-order valence-electron chi connectivity index (χ2n) is 4.66. The van der Waals surface area contributed by atoms with Crippen molar-refractivity contribution >= 4 is 16.9 Å². The minimum Gasteiger partial charge on any atom is -0.481 e. The van der Waals surface area contributed by atoms with Gasteiger partial charge in [-0.3, -0.25) is 5.10 Å². The third-order valence-electron chi connectivity index (χ3n) is 3.26. The van der Waals surface area contributed by atoms with Crippen LogP contribution >= 0.6 is 0 Å². The number of nitrogens with one attached hydrogen (secondary N) is 2. The smallest absolute Gasteiger partial charge is 0.242 e. The molecule has 21 heavy (non-hydrogen) atoms. The van der Waals surface area contributed by atoms with Crippen LogP contribution in [0, 0.1) is 0 Å². The predicted octanol–water partition coefficient (Wildman–Crippen LogP) is 2.54. The van der Waals surface area contributed by atoms with Gasteiger partial charge in [-0.2, -0.15) is 4.98 Å². The summed E-state index contributed by atoms with van der Waals surface area (Å²) in [7, 11) is 1.63. The number of hydrogen-bond acceptors (Lipinski definition) is 5. The minimum atomic E-state index is 0.558. The Balaban J connectivity index is 1.85. The van der Waals surface area contributed by atoms with Gasteiger partial charge >= 0.3 is 0 Å². The number of methoxy groups -OCH3 is 1. The van der Waals surface area contributed by atoms with Gasteiger partial charge in [-0.25, -0.2) is 4.98 Å². The molecular formula is C15H17N5O. The number of rotatable bonds is 5. The topological polar surface area (TPSA) is 75.7 Å². The molecule has 0 spiro atoms. The number of aromatic nitrogens is 4. The van der Waals surface area contributed by atoms with Crippen LogP contribution in [0.15, 0.2) is 30.3 Å². The molecule has 2 aromatic heterocycles. The van der Waals surface area contributed by atoms with Crippen molar-refractivity contribution < 1.29 is 4.74 Å². The van der Waals surface area contributed by atoms with Crippen molar-refractivity contribution in [3.05, 3.63) is 41.7 Å². The first-order valence-electron chi connectivity index (χ1n) is 6.88. The van der Waals surface area contributed by atoms with E-state index in [2.05, 4.69) is 31.5 Å². The number of benzene rings is 1. The van der Waals surface area contributed by atoms with E-state index in [4.69, 9.17) is 4.74 Å². The molecule has 0 atom stereocenters. The number of anilines is 1. The highest BCUT2D eigenvalue weighted by Crippen LogP contribution is 2.22. The lowest BCUT2D eigenvalue weighted by molar-refractivity contribution is 0.395. The van der Waals surface area contributed by atoms with Crippen LogP contribution in [0.1, 0.15) is 18.3 Å². The average molecular weight is 283 g/mol. The molecule has 0 aliphatic heterocycles. The van der Waals surface area contributed by atoms with Gasteiger partial charge in [0.2, 0.25) is 11.8 Å². The first kappa shape index (κ1) is 13.4. The monoisotopic (exact) mass is 283 g/mol. The van der Waals surface area contributed by atoms with Crippen LogP contribution in [-0.4, -0.2) is 27.3 Å². The first-order chi connectivity index (χ1) is 10.3. The fourth-order valence-electron chi connectivity index (χ4n) is 2.15. The summed E-state index contributed by atoms with van der Waals surface area (Å²) in [4.78, 5) is 8.84. The normalized spacial score (nSPS) is 10.8. The SMILES string of the molecule is CCc1nc(NCc2cc3ccccc3nc2OC)n[nH]1. The summed E-state index contributed by atoms with van der Waals surface area (Å²) in [5, 5.41) is 11.3. The molecule has 108 valence electrons. The van der Waals surface area contributed by atoms with E-state index in [9.17, 15) is 0 Å². The number of hydrogen-bond donors (Lipinski definition) is 2. The fourth-order valence-corrected chi connectivity index (χ4v) is 2.15. The Morgan fingerprint density at radius 2 is 2.10 bits per heavy atom. The molecule has 0 unspecified atom stereocenters. The van der Waals surface area contributed by atoms with Crippen LogP contribution in [-0.2, 0) is 13.0 Å². The van der Waals surface area contributed by atoms with Crippen LogP contribution in [0.4, 0.5) is 5.95 Å². The molecular weight excluding hydrogens is 266 g/mol. The van der Waals surface area contributed by atoms with Crippen molar-refractivity contribution in [2.75, 3.05) is 12.4 Å². The highest BCUT2D eigenvalue weighted by molar-refractivity contribution is 5.80. The molecule has 0 aliphatic rings. The number of para-hydroxylation sites is 1. The summed E-state index contributed by atoms with van der Waals surface area (Å²) in [5.74, 6) is 2.07. The van der Waals surface area contributed by atoms with Crippen LogP contribution in [0.3, 0.4) is 0 Å². The van der Waals surface area contributed by atoms with Crippen molar-refractivity contribution in [3.63, 3.8) is 0 Å². The number of H-pyrrole nitrogens is 1. The molecule has 2 heterocycles. The van der Waals surface area contributed by atoms with Gasteiger partial charge in [0.1, 0.15) is 5.82 Å². The molecule has 0 fully saturated rings. The van der Waals surface area contributed by atoms with Crippen molar-refractivity contribution in [1.82, 2.24) is 20.2 Å². The predicted molar refractivity (Wildman–Crippen MR) is 81.4 cm³/mol. The summed E-state index contributed by atoms with van der Waals surface area (Å²) in [6.07, 6.45) is 0.829. The van der Waals surface area contributed by atoms with E-state index in [1.54, 1.807) is 7.11 Å². The van der Waals surface area contributed by atoms with E-state index in [0.29, 0.717) is 18.4 Å². The van der Waals surface area contributed by atoms with Gasteiger partial charge in [-0.05, 0) is 12.1 Å². The summed E-state index contributed by atoms with van der Waals surface area (Å²) >= 11 is 0. The third-order valence-corrected chi connectivity index (χ3v) is 3.26. The lowest BCUT2D eigenvalue weighted by atomic mass is 10.1. The third kappa shape index (κ3) is 2.79. The zero-order chi connectivity index (χ0) is 14.7. The summed E-state index contributed by atoms with van der Waals surface area (Å²) < 4.78 is 5.37. The summed E-state index contributed by atoms with van der Waals surface area (Å²) in [6.45, 7) is 2.59. The van der Waals surface area contributed by atoms with E-state index in [1.165, 1.54) is 0 Å². The van der Waals surface area contributed by atoms with Gasteiger partial charge in [0.15, 0.2) is 0 Å². The van der Waals surface area contributed by atoms with Crippen molar-refractivity contribution in [1.29, 1.82) is 0 Å². The Kier molecular flexibility index (Phi) is 3.68. The number of fused-ring (bicyclic) bond motifs is 1. The van der Waals surface area contributed by atoms with Crippen molar-refractivity contribution in [2.24, 2.45) is 0 Å². The zero-order valence-corrected chi connectivity index (χ0v) is 12.1. The summed E-state index contributed by atoms with van der Waals surface area (Å²) in [5.41, 5.74) is 1.89. The number of pyridine rings is 1. The Labute approximate surface area is 122 Å². The summed E-state index contributed by atoms with van der Waals surface area (Å²) in [6, 6.07) is 10.0. The van der Waals surface area contributed by atoms with E-state index >= 15 is 0 Å². The number of aromatic amines is 1. The van der Waals surface area contributed by atoms with E-state index in [-0.39, 0.29) is 0 Å². The van der Waals surface area contributed by atoms with Gasteiger partial charge in [-0.1, -0.05) is 25.1 Å². The van der Waals surface area contributed by atoms with Gasteiger partial charge in [0.05, 0.1) is 12.6 Å². The molecule has 0 saturated carbocycles. The fraction of sp³-hybridized carbons (Fsp3) is 0.267. The van der Waals surface area contributed by atoms with E-state index in [0.717, 1.165) is 28.7 Å². The largest absolute Gasteiger partial charge is 0.481 e. The zero-order valence-electron chi connectivity index (χ0n) is 12.1. The van der Waals surface area contributed by atoms with Crippen molar-refractivity contribution in [2.45, 2.75) is 19.9 Å². The Bertz CT molecular complexity index is 753. The van der Waals surface area contributed by atoms with Crippen molar-refractivity contribution in [3.8, 4) is 5.88 Å². The maximum absolute atomic E-state index is 5.37. The second kappa shape index (κ2) is 5.78. The first-order valence-corrected chi connectivity index (χ1v) is 6.88. The molecule has 0 aliphatic carbocycles. The molecule has 6 heteroatoms. The van der Waals surface area contributed by atoms with E-state index in [1.807, 2.05) is 31.2 Å². The Hall–Kier alpha value is -2.63. The molecule has 0 radical (unpaired) electrons. The number of nitrogens with zero attached hydrogens (tertiary/aromatic N) is 3. The van der Waals surface area contributed by atoms with Gasteiger partial charge < -0.3 is 10.1 Å². The minimum absolute atomic E-state index is 0.558. The second-order valence-corrected chi connectivity index (χ2v) is 4.66. The van der Waals surface area contributed by atoms with Crippen LogP contribution in [0.25, 0.3) is 10.9 Å². The standard InChI is InChI=1S/C15H17N5O/c1-3-13-18-15(20-19-13)16-9-11-8-10-6-4-5-7-12(10)17-14(11)21-2/h4-8H,3,9H2,1-2H3,(H2,16,18,19,20). The molecule has 0 amide bonds. The molecule has 2 N–H and O–H groups in total. The van der Waals surface area contributed by atoms with Gasteiger partial charge in [0.25, 0.3) is 0 Å². The van der Waals surface area contributed by atoms with Crippen LogP contribution < -0.4 is 10.1 Å². The Morgan fingerprint density at radius 3 is 2.86 bits per heavy atom. The lowest BCUT2D eigenvalue weighted by Gasteiger charge is -2.09. The molecule has 3 rings (SSSR count). The van der Waals surface area contributed by atoms with Gasteiger partial charge in [0, 0.05) is 23.9 Å². The number of ether oxygens (including phenoxy) is 1. The highest BCUT2D eigenvalue weighted by atomic mass is 16.5. The molecule has 1 aromatic carbocycles. The molecule has 6 nitrogen and oxygen atoms in total. The molecule has 0 bridgehead atoms. The Morgan fingerprint density at radius 1 is 1.24 bits per heavy atom. The maximum Gasteiger partial charge on any atom is 0.242 e. The van der Waals surface area contributed by atoms with Crippen LogP contribution in [0.2, 0.25) is 0 Å². The molecule has 0 saturated heterocycles. The number of aryl methyl sites for hydroxylation is 1. The van der Waals surface area contributed by atoms with E-state index < -0.39 is 0 Å². The lowest BCUT2D eigenvalue weighted by Crippen LogP contribution is -2.04. The van der Waals surface area contributed by atoms with Crippen LogP contribution in [0.5, 0.6) is 5.88 Å². The highest BCUT2D eigenvalue weighted by Gasteiger charge is 2.08. The maximum atomic E-state index is 5.37. The molecule has 3 aromatic rings.